The lowest BCUT2D eigenvalue weighted by atomic mass is 9.84. The number of nitrogens with one attached hydrogen (secondary N) is 1. The Balaban J connectivity index is 2.10. The quantitative estimate of drug-likeness (QED) is 0.905. The van der Waals surface area contributed by atoms with Crippen molar-refractivity contribution in [2.45, 2.75) is 47.0 Å². The van der Waals surface area contributed by atoms with Gasteiger partial charge in [0.15, 0.2) is 0 Å². The Kier molecular flexibility index (Phi) is 4.92. The molecule has 1 fully saturated rings. The van der Waals surface area contributed by atoms with Gasteiger partial charge in [-0.15, -0.1) is 0 Å². The normalized spacial score (nSPS) is 17.6. The Morgan fingerprint density at radius 2 is 2.14 bits per heavy atom. The van der Waals surface area contributed by atoms with E-state index in [2.05, 4.69) is 33.0 Å². The Bertz CT molecular complexity index is 508. The van der Waals surface area contributed by atoms with E-state index in [1.165, 1.54) is 6.42 Å². The molecular weight excluding hydrogens is 260 g/mol. The van der Waals surface area contributed by atoms with E-state index in [9.17, 15) is 4.79 Å². The van der Waals surface area contributed by atoms with Crippen molar-refractivity contribution in [3.05, 3.63) is 29.3 Å². The highest BCUT2D eigenvalue weighted by Crippen LogP contribution is 2.29. The zero-order valence-corrected chi connectivity index (χ0v) is 13.8. The summed E-state index contributed by atoms with van der Waals surface area (Å²) in [5.74, 6) is 0.174. The van der Waals surface area contributed by atoms with Gasteiger partial charge in [-0.2, -0.15) is 0 Å². The van der Waals surface area contributed by atoms with Crippen LogP contribution in [0.25, 0.3) is 0 Å². The fourth-order valence-corrected chi connectivity index (χ4v) is 3.03. The predicted molar refractivity (Wildman–Crippen MR) is 88.9 cm³/mol. The minimum atomic E-state index is 0.174. The van der Waals surface area contributed by atoms with E-state index in [-0.39, 0.29) is 11.3 Å². The molecule has 0 unspecified atom stereocenters. The molecule has 1 saturated heterocycles. The summed E-state index contributed by atoms with van der Waals surface area (Å²) in [5.41, 5.74) is 3.33. The largest absolute Gasteiger partial charge is 0.385 e. The minimum Gasteiger partial charge on any atom is -0.385 e. The van der Waals surface area contributed by atoms with Gasteiger partial charge < -0.3 is 10.2 Å². The molecule has 1 amide bonds. The third kappa shape index (κ3) is 3.99. The van der Waals surface area contributed by atoms with Gasteiger partial charge in [0.2, 0.25) is 0 Å². The summed E-state index contributed by atoms with van der Waals surface area (Å²) in [6.45, 7) is 11.4. The first-order chi connectivity index (χ1) is 9.93. The second-order valence-electron chi connectivity index (χ2n) is 6.95. The Morgan fingerprint density at radius 3 is 2.76 bits per heavy atom. The van der Waals surface area contributed by atoms with Crippen molar-refractivity contribution in [1.29, 1.82) is 0 Å². The maximum atomic E-state index is 12.7. The molecular formula is C18H28N2O. The monoisotopic (exact) mass is 288 g/mol. The van der Waals surface area contributed by atoms with Gasteiger partial charge in [0.05, 0.1) is 0 Å². The fourth-order valence-electron chi connectivity index (χ4n) is 3.03. The number of nitrogens with zero attached hydrogens (tertiary/aromatic N) is 1. The molecule has 116 valence electrons. The van der Waals surface area contributed by atoms with Crippen molar-refractivity contribution in [3.8, 4) is 0 Å². The number of aryl methyl sites for hydroxylation is 1. The first-order valence-corrected chi connectivity index (χ1v) is 8.07. The van der Waals surface area contributed by atoms with Crippen LogP contribution in [0.15, 0.2) is 18.2 Å². The van der Waals surface area contributed by atoms with Crippen LogP contribution in [-0.2, 0) is 0 Å². The molecule has 1 heterocycles. The van der Waals surface area contributed by atoms with Crippen LogP contribution in [0.5, 0.6) is 0 Å². The van der Waals surface area contributed by atoms with Gasteiger partial charge in [-0.05, 0) is 55.4 Å². The lowest BCUT2D eigenvalue weighted by Gasteiger charge is -2.38. The summed E-state index contributed by atoms with van der Waals surface area (Å²) in [4.78, 5) is 14.7. The van der Waals surface area contributed by atoms with Crippen molar-refractivity contribution >= 4 is 11.6 Å². The van der Waals surface area contributed by atoms with Crippen LogP contribution in [0.4, 0.5) is 5.69 Å². The van der Waals surface area contributed by atoms with Gasteiger partial charge in [0.25, 0.3) is 5.91 Å². The second kappa shape index (κ2) is 6.50. The molecule has 0 aromatic heterocycles. The molecule has 1 aliphatic heterocycles. The van der Waals surface area contributed by atoms with Crippen LogP contribution in [0.1, 0.15) is 56.0 Å². The zero-order chi connectivity index (χ0) is 15.5. The molecule has 0 atom stereocenters. The zero-order valence-electron chi connectivity index (χ0n) is 13.8. The molecule has 21 heavy (non-hydrogen) atoms. The van der Waals surface area contributed by atoms with Gasteiger partial charge in [-0.1, -0.05) is 20.8 Å². The lowest BCUT2D eigenvalue weighted by molar-refractivity contribution is 0.0583. The second-order valence-corrected chi connectivity index (χ2v) is 6.95. The van der Waals surface area contributed by atoms with E-state index in [4.69, 9.17) is 0 Å². The molecule has 0 aliphatic carbocycles. The summed E-state index contributed by atoms with van der Waals surface area (Å²) in [6.07, 6.45) is 3.41. The fraction of sp³-hybridized carbons (Fsp3) is 0.611. The molecule has 0 saturated carbocycles. The van der Waals surface area contributed by atoms with Crippen molar-refractivity contribution in [2.75, 3.05) is 25.0 Å². The van der Waals surface area contributed by atoms with E-state index < -0.39 is 0 Å². The van der Waals surface area contributed by atoms with E-state index in [1.807, 2.05) is 23.1 Å². The van der Waals surface area contributed by atoms with E-state index in [1.54, 1.807) is 0 Å². The highest BCUT2D eigenvalue weighted by Gasteiger charge is 2.29. The van der Waals surface area contributed by atoms with Gasteiger partial charge in [0.1, 0.15) is 0 Å². The topological polar surface area (TPSA) is 32.3 Å². The smallest absolute Gasteiger partial charge is 0.253 e. The van der Waals surface area contributed by atoms with Crippen molar-refractivity contribution in [1.82, 2.24) is 4.90 Å². The number of piperidine rings is 1. The standard InChI is InChI=1S/C18H28N2O/c1-5-10-19-16-8-7-15(12-14(16)2)17(21)20-11-6-9-18(3,4)13-20/h7-8,12,19H,5-6,9-11,13H2,1-4H3. The van der Waals surface area contributed by atoms with Crippen molar-refractivity contribution in [2.24, 2.45) is 5.41 Å². The summed E-state index contributed by atoms with van der Waals surface area (Å²) >= 11 is 0. The summed E-state index contributed by atoms with van der Waals surface area (Å²) < 4.78 is 0. The SMILES string of the molecule is CCCNc1ccc(C(=O)N2CCCC(C)(C)C2)cc1C. The van der Waals surface area contributed by atoms with Crippen LogP contribution >= 0.6 is 0 Å². The Hall–Kier alpha value is -1.51. The van der Waals surface area contributed by atoms with E-state index in [0.29, 0.717) is 0 Å². The average molecular weight is 288 g/mol. The molecule has 1 aromatic rings. The van der Waals surface area contributed by atoms with Gasteiger partial charge in [0, 0.05) is 30.9 Å². The predicted octanol–water partition coefficient (Wildman–Crippen LogP) is 4.08. The number of amides is 1. The molecule has 1 aromatic carbocycles. The summed E-state index contributed by atoms with van der Waals surface area (Å²) in [6, 6.07) is 6.00. The van der Waals surface area contributed by atoms with E-state index in [0.717, 1.165) is 49.3 Å². The summed E-state index contributed by atoms with van der Waals surface area (Å²) in [7, 11) is 0. The molecule has 0 radical (unpaired) electrons. The van der Waals surface area contributed by atoms with Crippen molar-refractivity contribution in [3.63, 3.8) is 0 Å². The molecule has 3 nitrogen and oxygen atoms in total. The minimum absolute atomic E-state index is 0.174. The number of carbonyl (C=O) groups is 1. The number of anilines is 1. The third-order valence-electron chi connectivity index (χ3n) is 4.23. The first-order valence-electron chi connectivity index (χ1n) is 8.07. The highest BCUT2D eigenvalue weighted by atomic mass is 16.2. The molecule has 3 heteroatoms. The van der Waals surface area contributed by atoms with Crippen LogP contribution in [0.3, 0.4) is 0 Å². The van der Waals surface area contributed by atoms with Crippen LogP contribution in [0, 0.1) is 12.3 Å². The first kappa shape index (κ1) is 15.9. The van der Waals surface area contributed by atoms with E-state index >= 15 is 0 Å². The number of benzene rings is 1. The number of likely N-dealkylation sites (tertiary alicyclic amines) is 1. The Morgan fingerprint density at radius 1 is 1.38 bits per heavy atom. The average Bonchev–Trinajstić information content (AvgIpc) is 2.44. The molecule has 1 aliphatic rings. The van der Waals surface area contributed by atoms with Crippen LogP contribution in [0.2, 0.25) is 0 Å². The molecule has 2 rings (SSSR count). The van der Waals surface area contributed by atoms with Gasteiger partial charge in [-0.25, -0.2) is 0 Å². The molecule has 0 spiro atoms. The van der Waals surface area contributed by atoms with Crippen LogP contribution in [-0.4, -0.2) is 30.4 Å². The number of hydrogen-bond acceptors (Lipinski definition) is 2. The molecule has 0 bridgehead atoms. The highest BCUT2D eigenvalue weighted by molar-refractivity contribution is 5.95. The number of rotatable bonds is 4. The van der Waals surface area contributed by atoms with Crippen LogP contribution < -0.4 is 5.32 Å². The summed E-state index contributed by atoms with van der Waals surface area (Å²) in [5, 5.41) is 3.40. The van der Waals surface area contributed by atoms with Gasteiger partial charge >= 0.3 is 0 Å². The lowest BCUT2D eigenvalue weighted by Crippen LogP contribution is -2.43. The van der Waals surface area contributed by atoms with Crippen molar-refractivity contribution < 1.29 is 4.79 Å². The Labute approximate surface area is 128 Å². The number of carbonyl (C=O) groups excluding carboxylic acids is 1. The maximum Gasteiger partial charge on any atom is 0.253 e. The maximum absolute atomic E-state index is 12.7. The third-order valence-corrected chi connectivity index (χ3v) is 4.23. The number of hydrogen-bond donors (Lipinski definition) is 1. The molecule has 1 N–H and O–H groups in total. The van der Waals surface area contributed by atoms with Gasteiger partial charge in [-0.3, -0.25) is 4.79 Å².